The average Bonchev–Trinajstić information content (AvgIpc) is 2.88. The Hall–Kier alpha value is -2.98. The van der Waals surface area contributed by atoms with Crippen molar-refractivity contribution >= 4 is 23.6 Å². The van der Waals surface area contributed by atoms with Gasteiger partial charge in [0.05, 0.1) is 18.1 Å². The van der Waals surface area contributed by atoms with E-state index in [1.54, 1.807) is 30.3 Å². The number of hydrogen-bond acceptors (Lipinski definition) is 8. The molecular weight excluding hydrogens is 504 g/mol. The summed E-state index contributed by atoms with van der Waals surface area (Å²) in [6, 6.07) is 7.35. The molecule has 6 atom stereocenters. The number of ketones is 1. The molecule has 1 aromatic carbocycles. The first kappa shape index (κ1) is 34.0. The average molecular weight is 550 g/mol. The number of benzene rings is 1. The van der Waals surface area contributed by atoms with Crippen LogP contribution in [0.2, 0.25) is 0 Å². The van der Waals surface area contributed by atoms with E-state index in [0.29, 0.717) is 18.2 Å². The maximum atomic E-state index is 13.2. The number of carbonyl (C=O) groups excluding carboxylic acids is 4. The number of carboxylic acid groups (broad SMARTS) is 1. The van der Waals surface area contributed by atoms with Crippen molar-refractivity contribution in [3.05, 3.63) is 30.3 Å². The molecule has 39 heavy (non-hydrogen) atoms. The summed E-state index contributed by atoms with van der Waals surface area (Å²) < 4.78 is 5.35. The van der Waals surface area contributed by atoms with E-state index in [0.717, 1.165) is 6.42 Å². The minimum Gasteiger partial charge on any atom is -0.547 e. The molecule has 0 aliphatic carbocycles. The Balaban J connectivity index is 3.06. The van der Waals surface area contributed by atoms with Crippen LogP contribution in [0.3, 0.4) is 0 Å². The van der Waals surface area contributed by atoms with E-state index in [4.69, 9.17) is 4.74 Å². The first-order chi connectivity index (χ1) is 18.3. The topological polar surface area (TPSA) is 165 Å². The number of rotatable bonds is 18. The fourth-order valence-electron chi connectivity index (χ4n) is 4.11. The Morgan fingerprint density at radius 2 is 1.56 bits per heavy atom. The van der Waals surface area contributed by atoms with Gasteiger partial charge in [-0.25, -0.2) is 0 Å². The Bertz CT molecular complexity index is 921. The van der Waals surface area contributed by atoms with Crippen LogP contribution in [0.1, 0.15) is 60.8 Å². The van der Waals surface area contributed by atoms with Gasteiger partial charge in [-0.05, 0) is 42.7 Å². The molecular formula is C29H45N2O8-. The fraction of sp³-hybridized carbons (Fsp3) is 0.655. The molecule has 0 radical (unpaired) electrons. The molecule has 10 nitrogen and oxygen atoms in total. The van der Waals surface area contributed by atoms with E-state index in [1.165, 1.54) is 0 Å². The lowest BCUT2D eigenvalue weighted by atomic mass is 9.85. The first-order valence-corrected chi connectivity index (χ1v) is 13.6. The molecule has 0 saturated heterocycles. The second kappa shape index (κ2) is 16.9. The van der Waals surface area contributed by atoms with Crippen LogP contribution < -0.4 is 20.5 Å². The fourth-order valence-corrected chi connectivity index (χ4v) is 4.11. The van der Waals surface area contributed by atoms with Crippen LogP contribution in [0.5, 0.6) is 5.75 Å². The number of aliphatic hydroxyl groups excluding tert-OH is 2. The van der Waals surface area contributed by atoms with Gasteiger partial charge in [0.15, 0.2) is 5.78 Å². The van der Waals surface area contributed by atoms with Crippen molar-refractivity contribution in [2.24, 2.45) is 29.6 Å². The zero-order chi connectivity index (χ0) is 29.7. The summed E-state index contributed by atoms with van der Waals surface area (Å²) in [7, 11) is 0. The van der Waals surface area contributed by atoms with Crippen LogP contribution in [0.25, 0.3) is 0 Å². The minimum atomic E-state index is -2.41. The van der Waals surface area contributed by atoms with Crippen molar-refractivity contribution in [3.63, 3.8) is 0 Å². The summed E-state index contributed by atoms with van der Waals surface area (Å²) in [5.41, 5.74) is 0. The van der Waals surface area contributed by atoms with Crippen molar-refractivity contribution < 1.29 is 39.2 Å². The number of ether oxygens (including phenoxy) is 1. The number of aliphatic carboxylic acids is 1. The van der Waals surface area contributed by atoms with Crippen molar-refractivity contribution in [2.45, 2.75) is 79.1 Å². The number of carbonyl (C=O) groups is 4. The van der Waals surface area contributed by atoms with Gasteiger partial charge in [0.25, 0.3) is 0 Å². The zero-order valence-electron chi connectivity index (χ0n) is 23.9. The van der Waals surface area contributed by atoms with Gasteiger partial charge in [0.1, 0.15) is 24.4 Å². The van der Waals surface area contributed by atoms with E-state index < -0.39 is 54.4 Å². The maximum Gasteiger partial charge on any atom is 0.234 e. The number of nitrogens with one attached hydrogen (secondary N) is 2. The zero-order valence-corrected chi connectivity index (χ0v) is 23.9. The predicted octanol–water partition coefficient (Wildman–Crippen LogP) is 1.08. The summed E-state index contributed by atoms with van der Waals surface area (Å²) in [6.45, 7) is 11.4. The number of amides is 2. The molecule has 0 aliphatic rings. The highest BCUT2D eigenvalue weighted by atomic mass is 16.5. The molecule has 0 heterocycles. The lowest BCUT2D eigenvalue weighted by Gasteiger charge is -2.31. The van der Waals surface area contributed by atoms with Gasteiger partial charge < -0.3 is 35.5 Å². The lowest BCUT2D eigenvalue weighted by Crippen LogP contribution is -2.55. The molecule has 0 aromatic heterocycles. The van der Waals surface area contributed by atoms with Gasteiger partial charge in [-0.2, -0.15) is 0 Å². The normalized spacial score (nSPS) is 16.1. The van der Waals surface area contributed by atoms with E-state index >= 15 is 0 Å². The smallest absolute Gasteiger partial charge is 0.234 e. The third-order valence-corrected chi connectivity index (χ3v) is 6.79. The van der Waals surface area contributed by atoms with Gasteiger partial charge in [-0.15, -0.1) is 0 Å². The Morgan fingerprint density at radius 3 is 2.08 bits per heavy atom. The monoisotopic (exact) mass is 549 g/mol. The number of hydrogen-bond donors (Lipinski definition) is 4. The molecule has 1 aromatic rings. The van der Waals surface area contributed by atoms with E-state index in [9.17, 15) is 34.5 Å². The van der Waals surface area contributed by atoms with Gasteiger partial charge in [-0.1, -0.05) is 66.2 Å². The van der Waals surface area contributed by atoms with E-state index in [2.05, 4.69) is 10.6 Å². The van der Waals surface area contributed by atoms with E-state index in [1.807, 2.05) is 41.5 Å². The minimum absolute atomic E-state index is 0.00306. The SMILES string of the molecule is CC[C@@H](C)CNC(=O)[C@@H](CC(O)[C@H](CC(C)C)NC(=O)C(C(=O)COc1ccccc1)C(O)C(=O)[O-])C(C)C. The summed E-state index contributed by atoms with van der Waals surface area (Å²) in [5, 5.41) is 38.2. The molecule has 4 N–H and O–H groups in total. The third kappa shape index (κ3) is 11.7. The van der Waals surface area contributed by atoms with Crippen molar-refractivity contribution in [1.29, 1.82) is 0 Å². The molecule has 0 fully saturated rings. The van der Waals surface area contributed by atoms with Crippen molar-refractivity contribution in [1.82, 2.24) is 10.6 Å². The summed E-state index contributed by atoms with van der Waals surface area (Å²) in [4.78, 5) is 50.3. The molecule has 0 saturated carbocycles. The Labute approximate surface area is 231 Å². The Morgan fingerprint density at radius 1 is 0.949 bits per heavy atom. The van der Waals surface area contributed by atoms with Gasteiger partial charge in [-0.3, -0.25) is 14.4 Å². The molecule has 1 rings (SSSR count). The second-order valence-electron chi connectivity index (χ2n) is 11.0. The largest absolute Gasteiger partial charge is 0.547 e. The highest BCUT2D eigenvalue weighted by Gasteiger charge is 2.38. The quantitative estimate of drug-likeness (QED) is 0.198. The van der Waals surface area contributed by atoms with Crippen LogP contribution in [0.4, 0.5) is 0 Å². The highest BCUT2D eigenvalue weighted by Crippen LogP contribution is 2.22. The molecule has 220 valence electrons. The molecule has 0 spiro atoms. The van der Waals surface area contributed by atoms with Gasteiger partial charge in [0.2, 0.25) is 11.8 Å². The molecule has 0 bridgehead atoms. The standard InChI is InChI=1S/C29H46N2O8/c1-7-19(6)15-30-27(35)21(18(4)5)14-23(32)22(13-17(2)3)31-28(36)25(26(34)29(37)38)24(33)16-39-20-11-9-8-10-12-20/h8-12,17-19,21-23,25-26,32,34H,7,13-16H2,1-6H3,(H,30,35)(H,31,36)(H,37,38)/p-1/t19-,21+,22+,23?,25?,26?/m1/s1. The van der Waals surface area contributed by atoms with Crippen LogP contribution in [-0.4, -0.2) is 65.2 Å². The van der Waals surface area contributed by atoms with Crippen molar-refractivity contribution in [3.8, 4) is 5.75 Å². The summed E-state index contributed by atoms with van der Waals surface area (Å²) in [6.07, 6.45) is -2.35. The van der Waals surface area contributed by atoms with Crippen LogP contribution in [-0.2, 0) is 19.2 Å². The van der Waals surface area contributed by atoms with Gasteiger partial charge in [0, 0.05) is 12.5 Å². The van der Waals surface area contributed by atoms with E-state index in [-0.39, 0.29) is 30.6 Å². The number of carboxylic acids is 1. The maximum absolute atomic E-state index is 13.2. The second-order valence-corrected chi connectivity index (χ2v) is 11.0. The molecule has 3 unspecified atom stereocenters. The van der Waals surface area contributed by atoms with Crippen LogP contribution in [0, 0.1) is 29.6 Å². The highest BCUT2D eigenvalue weighted by molar-refractivity contribution is 6.05. The van der Waals surface area contributed by atoms with Crippen molar-refractivity contribution in [2.75, 3.05) is 13.2 Å². The predicted molar refractivity (Wildman–Crippen MR) is 144 cm³/mol. The molecule has 10 heteroatoms. The summed E-state index contributed by atoms with van der Waals surface area (Å²) in [5.74, 6) is -6.24. The Kier molecular flexibility index (Phi) is 14.7. The lowest BCUT2D eigenvalue weighted by molar-refractivity contribution is -0.316. The van der Waals surface area contributed by atoms with Crippen LogP contribution >= 0.6 is 0 Å². The molecule has 0 aliphatic heterocycles. The number of para-hydroxylation sites is 1. The summed E-state index contributed by atoms with van der Waals surface area (Å²) >= 11 is 0. The molecule has 2 amide bonds. The number of Topliss-reactive ketones (excluding diaryl/α,β-unsaturated/α-hetero) is 1. The first-order valence-electron chi connectivity index (χ1n) is 13.6. The number of aliphatic hydroxyl groups is 2. The van der Waals surface area contributed by atoms with Gasteiger partial charge >= 0.3 is 0 Å². The van der Waals surface area contributed by atoms with Crippen LogP contribution in [0.15, 0.2) is 30.3 Å². The third-order valence-electron chi connectivity index (χ3n) is 6.79.